The zero-order valence-corrected chi connectivity index (χ0v) is 32.1. The van der Waals surface area contributed by atoms with Gasteiger partial charge in [0.05, 0.1) is 41.0 Å². The molecule has 5 aromatic rings. The summed E-state index contributed by atoms with van der Waals surface area (Å²) >= 11 is 0. The molecule has 2 aliphatic heterocycles. The smallest absolute Gasteiger partial charge is 0.355 e. The largest absolute Gasteiger partial charge is 0.497 e. The van der Waals surface area contributed by atoms with Crippen molar-refractivity contribution in [2.45, 2.75) is 76.6 Å². The van der Waals surface area contributed by atoms with Gasteiger partial charge in [0.15, 0.2) is 0 Å². The van der Waals surface area contributed by atoms with Crippen molar-refractivity contribution in [1.29, 1.82) is 0 Å². The lowest BCUT2D eigenvalue weighted by Gasteiger charge is -2.36. The highest BCUT2D eigenvalue weighted by Gasteiger charge is 2.51. The third-order valence-corrected chi connectivity index (χ3v) is 11.4. The van der Waals surface area contributed by atoms with E-state index in [1.807, 2.05) is 51.1 Å². The molecule has 2 aromatic heterocycles. The summed E-state index contributed by atoms with van der Waals surface area (Å²) in [5.74, 6) is -1.16. The van der Waals surface area contributed by atoms with Gasteiger partial charge in [-0.15, -0.1) is 0 Å². The quantitative estimate of drug-likeness (QED) is 0.0954. The fourth-order valence-electron chi connectivity index (χ4n) is 7.13. The number of amidine groups is 1. The van der Waals surface area contributed by atoms with Crippen LogP contribution in [0.1, 0.15) is 61.4 Å². The number of rotatable bonds is 11. The summed E-state index contributed by atoms with van der Waals surface area (Å²) in [5, 5.41) is 0.937. The van der Waals surface area contributed by atoms with Gasteiger partial charge < -0.3 is 18.8 Å². The highest BCUT2D eigenvalue weighted by atomic mass is 32.2. The summed E-state index contributed by atoms with van der Waals surface area (Å²) < 4.78 is 48.7. The first-order chi connectivity index (χ1) is 26.3. The van der Waals surface area contributed by atoms with E-state index in [2.05, 4.69) is 4.72 Å². The number of para-hydroxylation sites is 1. The molecule has 12 nitrogen and oxygen atoms in total. The average Bonchev–Trinajstić information content (AvgIpc) is 3.52. The van der Waals surface area contributed by atoms with Gasteiger partial charge in [0.25, 0.3) is 15.6 Å². The lowest BCUT2D eigenvalue weighted by atomic mass is 9.85. The minimum Gasteiger partial charge on any atom is -0.497 e. The van der Waals surface area contributed by atoms with E-state index in [-0.39, 0.29) is 59.2 Å². The lowest BCUT2D eigenvalue weighted by Crippen LogP contribution is -2.49. The minimum absolute atomic E-state index is 0.00326. The first-order valence-corrected chi connectivity index (χ1v) is 19.7. The Morgan fingerprint density at radius 1 is 1.04 bits per heavy atom. The molecule has 2 atom stereocenters. The predicted molar refractivity (Wildman–Crippen MR) is 207 cm³/mol. The van der Waals surface area contributed by atoms with Crippen molar-refractivity contribution in [3.05, 3.63) is 123 Å². The number of carbonyl (C=O) groups is 2. The Labute approximate surface area is 319 Å². The van der Waals surface area contributed by atoms with Crippen molar-refractivity contribution in [1.82, 2.24) is 14.3 Å². The summed E-state index contributed by atoms with van der Waals surface area (Å²) in [6.07, 6.45) is 0.142. The third kappa shape index (κ3) is 7.23. The Morgan fingerprint density at radius 2 is 1.76 bits per heavy atom. The number of benzene rings is 3. The van der Waals surface area contributed by atoms with Crippen LogP contribution in [0.2, 0.25) is 0 Å². The SMILES string of the molecule is CC[C@@]1(OC(=O)C(CC(C)C)N=C(Cc2ccc(OC)cc2)NS(=O)(=O)c2ccc(C)cc2)C(=O)OCc2c1cc1n(c2=O)Cc2cc3ccccc3nc2-1. The van der Waals surface area contributed by atoms with E-state index < -0.39 is 33.6 Å². The van der Waals surface area contributed by atoms with E-state index in [0.29, 0.717) is 29.2 Å². The number of carbonyl (C=O) groups excluding carboxylic acids is 2. The lowest BCUT2D eigenvalue weighted by molar-refractivity contribution is -0.190. The van der Waals surface area contributed by atoms with Gasteiger partial charge in [-0.05, 0) is 73.7 Å². The number of hydrogen-bond acceptors (Lipinski definition) is 10. The predicted octanol–water partition coefficient (Wildman–Crippen LogP) is 5.98. The van der Waals surface area contributed by atoms with E-state index in [0.717, 1.165) is 22.0 Å². The van der Waals surface area contributed by atoms with Crippen LogP contribution in [0, 0.1) is 12.8 Å². The molecular formula is C42H42N4O8S. The maximum absolute atomic E-state index is 14.4. The molecule has 0 amide bonds. The van der Waals surface area contributed by atoms with Gasteiger partial charge in [0.1, 0.15) is 24.2 Å². The van der Waals surface area contributed by atoms with Crippen LogP contribution in [0.3, 0.4) is 0 Å². The number of esters is 2. The monoisotopic (exact) mass is 762 g/mol. The van der Waals surface area contributed by atoms with Crippen molar-refractivity contribution >= 4 is 38.7 Å². The number of aliphatic imine (C=N–C) groups is 1. The Morgan fingerprint density at radius 3 is 2.45 bits per heavy atom. The Hall–Kier alpha value is -5.82. The molecule has 7 rings (SSSR count). The normalized spacial score (nSPS) is 16.9. The van der Waals surface area contributed by atoms with E-state index in [9.17, 15) is 22.8 Å². The molecule has 0 aliphatic carbocycles. The molecule has 0 radical (unpaired) electrons. The van der Waals surface area contributed by atoms with Crippen molar-refractivity contribution < 1.29 is 32.2 Å². The molecule has 284 valence electrons. The Bertz CT molecular complexity index is 2510. The molecule has 1 N–H and O–H groups in total. The van der Waals surface area contributed by atoms with Crippen molar-refractivity contribution in [2.75, 3.05) is 7.11 Å². The van der Waals surface area contributed by atoms with Crippen LogP contribution in [-0.4, -0.2) is 48.9 Å². The van der Waals surface area contributed by atoms with E-state index in [1.54, 1.807) is 61.1 Å². The number of sulfonamides is 1. The molecule has 0 bridgehead atoms. The van der Waals surface area contributed by atoms with Crippen molar-refractivity contribution in [2.24, 2.45) is 10.9 Å². The molecule has 4 heterocycles. The number of ether oxygens (including phenoxy) is 3. The molecule has 0 saturated heterocycles. The number of nitrogens with one attached hydrogen (secondary N) is 1. The van der Waals surface area contributed by atoms with Crippen molar-refractivity contribution in [3.63, 3.8) is 0 Å². The van der Waals surface area contributed by atoms with Gasteiger partial charge in [-0.1, -0.05) is 68.8 Å². The molecule has 0 saturated carbocycles. The van der Waals surface area contributed by atoms with Gasteiger partial charge >= 0.3 is 11.9 Å². The summed E-state index contributed by atoms with van der Waals surface area (Å²) in [5.41, 5.74) is 2.45. The number of aryl methyl sites for hydroxylation is 1. The maximum atomic E-state index is 14.4. The molecule has 0 spiro atoms. The summed E-state index contributed by atoms with van der Waals surface area (Å²) in [6.45, 7) is 7.34. The van der Waals surface area contributed by atoms with Crippen LogP contribution in [0.15, 0.2) is 99.6 Å². The highest BCUT2D eigenvalue weighted by molar-refractivity contribution is 7.90. The van der Waals surface area contributed by atoms with Crippen LogP contribution in [-0.2, 0) is 54.3 Å². The number of pyridine rings is 2. The maximum Gasteiger partial charge on any atom is 0.355 e. The van der Waals surface area contributed by atoms with E-state index in [4.69, 9.17) is 24.2 Å². The van der Waals surface area contributed by atoms with E-state index >= 15 is 0 Å². The minimum atomic E-state index is -4.13. The molecule has 2 aliphatic rings. The van der Waals surface area contributed by atoms with Crippen LogP contribution in [0.4, 0.5) is 0 Å². The van der Waals surface area contributed by atoms with Crippen LogP contribution in [0.25, 0.3) is 22.3 Å². The summed E-state index contributed by atoms with van der Waals surface area (Å²) in [7, 11) is -2.58. The first-order valence-electron chi connectivity index (χ1n) is 18.2. The second kappa shape index (κ2) is 14.8. The van der Waals surface area contributed by atoms with Crippen LogP contribution >= 0.6 is 0 Å². The number of methoxy groups -OCH3 is 1. The third-order valence-electron chi connectivity index (χ3n) is 10.1. The molecule has 13 heteroatoms. The Kier molecular flexibility index (Phi) is 10.1. The molecule has 0 fully saturated rings. The highest BCUT2D eigenvalue weighted by Crippen LogP contribution is 2.41. The van der Waals surface area contributed by atoms with E-state index in [1.165, 1.54) is 12.1 Å². The number of hydrogen-bond donors (Lipinski definition) is 1. The topological polar surface area (TPSA) is 155 Å². The standard InChI is InChI=1S/C42H42N4O8S/c1-6-42(33-22-36-38-29(21-28-9-7-8-10-34(28)44-38)23-46(36)39(47)32(33)24-53-41(42)49)54-40(48)35(19-25(2)3)43-37(20-27-13-15-30(52-5)16-14-27)45-55(50,51)31-17-11-26(4)12-18-31/h7-18,21-22,25,35H,6,19-20,23-24H2,1-5H3,(H,43,45)/t35?,42-/m0/s1. The zero-order chi connectivity index (χ0) is 39.1. The first kappa shape index (κ1) is 37.5. The van der Waals surface area contributed by atoms with Gasteiger partial charge in [-0.25, -0.2) is 23.0 Å². The van der Waals surface area contributed by atoms with Gasteiger partial charge in [-0.3, -0.25) is 14.5 Å². The number of nitrogens with zero attached hydrogens (tertiary/aromatic N) is 3. The van der Waals surface area contributed by atoms with Gasteiger partial charge in [0, 0.05) is 22.9 Å². The van der Waals surface area contributed by atoms with Gasteiger partial charge in [0.2, 0.25) is 5.60 Å². The number of aromatic nitrogens is 2. The fraction of sp³-hybridized carbons (Fsp3) is 0.310. The zero-order valence-electron chi connectivity index (χ0n) is 31.3. The van der Waals surface area contributed by atoms with Gasteiger partial charge in [-0.2, -0.15) is 0 Å². The Balaban J connectivity index is 1.29. The van der Waals surface area contributed by atoms with Crippen molar-refractivity contribution in [3.8, 4) is 17.1 Å². The second-order valence-electron chi connectivity index (χ2n) is 14.3. The fourth-order valence-corrected chi connectivity index (χ4v) is 8.18. The number of fused-ring (bicyclic) bond motifs is 5. The average molecular weight is 763 g/mol. The second-order valence-corrected chi connectivity index (χ2v) is 16.0. The number of cyclic esters (lactones) is 1. The molecule has 3 aromatic carbocycles. The van der Waals surface area contributed by atoms with Crippen LogP contribution < -0.4 is 15.0 Å². The molecular weight excluding hydrogens is 721 g/mol. The summed E-state index contributed by atoms with van der Waals surface area (Å²) in [4.78, 5) is 52.0. The van der Waals surface area contributed by atoms with Crippen LogP contribution in [0.5, 0.6) is 5.75 Å². The molecule has 1 unspecified atom stereocenters. The summed E-state index contributed by atoms with van der Waals surface area (Å²) in [6, 6.07) is 23.6. The molecule has 55 heavy (non-hydrogen) atoms.